The van der Waals surface area contributed by atoms with Gasteiger partial charge in [-0.2, -0.15) is 12.1 Å². The van der Waals surface area contributed by atoms with E-state index in [1.54, 1.807) is 0 Å². The van der Waals surface area contributed by atoms with Crippen molar-refractivity contribution in [3.05, 3.63) is 212 Å². The van der Waals surface area contributed by atoms with E-state index in [9.17, 15) is 0 Å². The van der Waals surface area contributed by atoms with Gasteiger partial charge in [-0.05, 0) is 115 Å². The maximum absolute atomic E-state index is 6.62. The first-order chi connectivity index (χ1) is 31.5. The second-order valence-corrected chi connectivity index (χ2v) is 18.6. The topological polar surface area (TPSA) is 33.5 Å². The molecule has 3 heterocycles. The summed E-state index contributed by atoms with van der Waals surface area (Å²) in [6.07, 6.45) is 6.15. The van der Waals surface area contributed by atoms with Crippen LogP contribution in [0.15, 0.2) is 176 Å². The van der Waals surface area contributed by atoms with Crippen LogP contribution in [-0.2, 0) is 26.5 Å². The third-order valence-corrected chi connectivity index (χ3v) is 12.5. The van der Waals surface area contributed by atoms with E-state index in [2.05, 4.69) is 234 Å². The maximum Gasteiger partial charge on any atom is 0.136 e. The summed E-state index contributed by atoms with van der Waals surface area (Å²) < 4.78 is 8.84. The molecule has 6 heteroatoms. The van der Waals surface area contributed by atoms with Crippen LogP contribution in [0.5, 0.6) is 11.5 Å². The first-order valence-corrected chi connectivity index (χ1v) is 22.7. The van der Waals surface area contributed by atoms with Gasteiger partial charge >= 0.3 is 0 Å². The van der Waals surface area contributed by atoms with Crippen LogP contribution in [0.3, 0.4) is 0 Å². The van der Waals surface area contributed by atoms with Crippen LogP contribution < -0.4 is 14.5 Å². The molecule has 1 aliphatic rings. The van der Waals surface area contributed by atoms with Crippen LogP contribution in [0.1, 0.15) is 77.0 Å². The molecule has 66 heavy (non-hydrogen) atoms. The van der Waals surface area contributed by atoms with Gasteiger partial charge in [-0.3, -0.25) is 0 Å². The Morgan fingerprint density at radius 3 is 1.83 bits per heavy atom. The number of aromatic nitrogens is 2. The van der Waals surface area contributed by atoms with Crippen LogP contribution >= 0.6 is 0 Å². The van der Waals surface area contributed by atoms with Crippen LogP contribution in [0, 0.1) is 18.8 Å². The molecule has 0 radical (unpaired) electrons. The van der Waals surface area contributed by atoms with E-state index in [1.165, 1.54) is 50.2 Å². The predicted molar refractivity (Wildman–Crippen MR) is 271 cm³/mol. The van der Waals surface area contributed by atoms with Crippen molar-refractivity contribution in [2.45, 2.75) is 65.7 Å². The maximum atomic E-state index is 6.62. The number of nitrogens with zero attached hydrogens (tertiary/aromatic N) is 4. The number of ether oxygens (including phenoxy) is 1. The molecule has 10 rings (SSSR count). The van der Waals surface area contributed by atoms with E-state index in [4.69, 9.17) is 9.72 Å². The van der Waals surface area contributed by atoms with E-state index in [0.717, 1.165) is 38.9 Å². The Morgan fingerprint density at radius 1 is 0.576 bits per heavy atom. The third-order valence-electron chi connectivity index (χ3n) is 12.5. The summed E-state index contributed by atoms with van der Waals surface area (Å²) in [5.41, 5.74) is 14.9. The first-order valence-electron chi connectivity index (χ1n) is 22.7. The Balaban J connectivity index is 0.00000548. The molecule has 0 bridgehead atoms. The molecule has 0 fully saturated rings. The van der Waals surface area contributed by atoms with Crippen molar-refractivity contribution >= 4 is 33.2 Å². The number of para-hydroxylation sites is 2. The molecular weight excluding hydrogens is 988 g/mol. The zero-order valence-corrected chi connectivity index (χ0v) is 40.8. The standard InChI is InChI=1S/C60H53N4O.Pt/c1-40(2)49-25-17-26-50(41(3)4)59(49)63-33-32-62(39-63)46-22-16-23-47(37-46)65-48-28-29-52-51-24-14-15-27-55(51)64(56(52)38-48)57-34-44(30-31-61-57)58-53(42-18-10-8-11-19-42)35-45(60(5,6)7)36-54(58)43-20-12-9-13-21-43;/h8-36,39-41H,1-7H3;/q-3;. The van der Waals surface area contributed by atoms with Gasteiger partial charge in [-0.1, -0.05) is 151 Å². The molecule has 1 aliphatic heterocycles. The third kappa shape index (κ3) is 8.49. The number of anilines is 2. The molecule has 9 aromatic rings. The summed E-state index contributed by atoms with van der Waals surface area (Å²) in [5.74, 6) is 2.78. The number of pyridine rings is 1. The summed E-state index contributed by atoms with van der Waals surface area (Å²) >= 11 is 0. The summed E-state index contributed by atoms with van der Waals surface area (Å²) in [4.78, 5) is 9.41. The minimum absolute atomic E-state index is 0. The van der Waals surface area contributed by atoms with E-state index in [-0.39, 0.29) is 26.5 Å². The van der Waals surface area contributed by atoms with Gasteiger partial charge in [-0.15, -0.1) is 48.1 Å². The van der Waals surface area contributed by atoms with Gasteiger partial charge in [0.25, 0.3) is 0 Å². The summed E-state index contributed by atoms with van der Waals surface area (Å²) in [6, 6.07) is 63.1. The van der Waals surface area contributed by atoms with Crippen molar-refractivity contribution in [2.75, 3.05) is 9.80 Å². The average Bonchev–Trinajstić information content (AvgIpc) is 3.95. The minimum atomic E-state index is -0.0602. The van der Waals surface area contributed by atoms with Crippen molar-refractivity contribution in [2.24, 2.45) is 0 Å². The van der Waals surface area contributed by atoms with Gasteiger partial charge in [0.1, 0.15) is 5.82 Å². The quantitative estimate of drug-likeness (QED) is 0.128. The van der Waals surface area contributed by atoms with Crippen LogP contribution in [-0.4, -0.2) is 9.55 Å². The van der Waals surface area contributed by atoms with Gasteiger partial charge < -0.3 is 19.1 Å². The molecule has 332 valence electrons. The Kier molecular flexibility index (Phi) is 12.3. The number of benzene rings is 7. The first kappa shape index (κ1) is 44.5. The number of hydrogen-bond donors (Lipinski definition) is 0. The second kappa shape index (κ2) is 18.3. The van der Waals surface area contributed by atoms with Gasteiger partial charge in [-0.25, -0.2) is 4.98 Å². The fourth-order valence-electron chi connectivity index (χ4n) is 9.15. The molecule has 0 amide bonds. The Bertz CT molecular complexity index is 3130. The van der Waals surface area contributed by atoms with Gasteiger partial charge in [0, 0.05) is 50.0 Å². The van der Waals surface area contributed by atoms with Gasteiger partial charge in [0.15, 0.2) is 0 Å². The second-order valence-electron chi connectivity index (χ2n) is 18.6. The fourth-order valence-corrected chi connectivity index (χ4v) is 9.15. The van der Waals surface area contributed by atoms with E-state index in [1.807, 2.05) is 24.4 Å². The van der Waals surface area contributed by atoms with E-state index < -0.39 is 0 Å². The monoisotopic (exact) mass is 1040 g/mol. The van der Waals surface area contributed by atoms with Crippen molar-refractivity contribution in [3.63, 3.8) is 0 Å². The molecule has 0 atom stereocenters. The smallest absolute Gasteiger partial charge is 0.136 e. The molecule has 0 unspecified atom stereocenters. The molecule has 2 aromatic heterocycles. The summed E-state index contributed by atoms with van der Waals surface area (Å²) in [6.45, 7) is 18.0. The normalized spacial score (nSPS) is 12.7. The van der Waals surface area contributed by atoms with Crippen molar-refractivity contribution in [1.82, 2.24) is 9.55 Å². The van der Waals surface area contributed by atoms with Crippen LogP contribution in [0.4, 0.5) is 11.4 Å². The fraction of sp³-hybridized carbons (Fsp3) is 0.167. The SMILES string of the molecule is CC(C)c1cccc(C(C)C)c1N1C=CN(c2[c-]c(Oc3[c-]c4c(cc3)c3ccccc3n4-c3cc(-c4c(-c5ccccc5)cc(C(C)(C)C)cc4-c4ccccc4)ccn3)ccc2)[CH-]1.[Pt]. The molecule has 5 nitrogen and oxygen atoms in total. The zero-order chi connectivity index (χ0) is 44.8. The molecule has 7 aromatic carbocycles. The van der Waals surface area contributed by atoms with Crippen molar-refractivity contribution in [3.8, 4) is 50.7 Å². The molecule has 0 saturated heterocycles. The summed E-state index contributed by atoms with van der Waals surface area (Å²) in [7, 11) is 0. The molecule has 0 spiro atoms. The molecule has 0 saturated carbocycles. The van der Waals surface area contributed by atoms with Gasteiger partial charge in [0.2, 0.25) is 0 Å². The number of rotatable bonds is 10. The van der Waals surface area contributed by atoms with E-state index in [0.29, 0.717) is 23.3 Å². The van der Waals surface area contributed by atoms with Crippen molar-refractivity contribution in [1.29, 1.82) is 0 Å². The summed E-state index contributed by atoms with van der Waals surface area (Å²) in [5, 5.41) is 2.19. The van der Waals surface area contributed by atoms with Crippen LogP contribution in [0.25, 0.3) is 61.0 Å². The number of hydrogen-bond acceptors (Lipinski definition) is 4. The Morgan fingerprint density at radius 2 is 1.18 bits per heavy atom. The van der Waals surface area contributed by atoms with Crippen molar-refractivity contribution < 1.29 is 25.8 Å². The Labute approximate surface area is 404 Å². The molecule has 0 N–H and O–H groups in total. The van der Waals surface area contributed by atoms with Gasteiger partial charge in [0.05, 0.1) is 0 Å². The van der Waals surface area contributed by atoms with E-state index >= 15 is 0 Å². The number of fused-ring (bicyclic) bond motifs is 3. The van der Waals surface area contributed by atoms with Crippen LogP contribution in [0.2, 0.25) is 0 Å². The largest absolute Gasteiger partial charge is 0.509 e. The minimum Gasteiger partial charge on any atom is -0.509 e. The molecule has 0 aliphatic carbocycles. The average molecular weight is 1040 g/mol. The zero-order valence-electron chi connectivity index (χ0n) is 38.5. The Hall–Kier alpha value is -6.68. The molecular formula is C60H53N4OPt-3. The predicted octanol–water partition coefficient (Wildman–Crippen LogP) is 16.0.